The molecule has 2 N–H and O–H groups in total. The van der Waals surface area contributed by atoms with Gasteiger partial charge in [0.15, 0.2) is 0 Å². The second-order valence-corrected chi connectivity index (χ2v) is 7.23. The van der Waals surface area contributed by atoms with Crippen molar-refractivity contribution < 1.29 is 0 Å². The fourth-order valence-electron chi connectivity index (χ4n) is 4.01. The first-order valence-electron chi connectivity index (χ1n) is 9.32. The highest BCUT2D eigenvalue weighted by molar-refractivity contribution is 5.32. The van der Waals surface area contributed by atoms with Gasteiger partial charge in [-0.3, -0.25) is 4.90 Å². The van der Waals surface area contributed by atoms with Crippen molar-refractivity contribution in [2.24, 2.45) is 11.7 Å². The van der Waals surface area contributed by atoms with Gasteiger partial charge in [0.2, 0.25) is 0 Å². The van der Waals surface area contributed by atoms with Gasteiger partial charge in [0.05, 0.1) is 11.4 Å². The average Bonchev–Trinajstić information content (AvgIpc) is 3.27. The molecule has 1 fully saturated rings. The molecule has 1 aliphatic rings. The Morgan fingerprint density at radius 1 is 1.00 bits per heavy atom. The first-order valence-corrected chi connectivity index (χ1v) is 9.32. The Morgan fingerprint density at radius 2 is 1.69 bits per heavy atom. The molecule has 2 heterocycles. The number of aromatic nitrogens is 2. The van der Waals surface area contributed by atoms with Crippen molar-refractivity contribution in [2.75, 3.05) is 19.6 Å². The third-order valence-corrected chi connectivity index (χ3v) is 5.46. The third kappa shape index (κ3) is 3.43. The minimum Gasteiger partial charge on any atom is -0.330 e. The first kappa shape index (κ1) is 17.0. The van der Waals surface area contributed by atoms with E-state index < -0.39 is 0 Å². The van der Waals surface area contributed by atoms with Crippen molar-refractivity contribution in [1.82, 2.24) is 14.7 Å². The van der Waals surface area contributed by atoms with Crippen LogP contribution in [-0.4, -0.2) is 34.3 Å². The molecule has 1 aromatic heterocycles. The summed E-state index contributed by atoms with van der Waals surface area (Å²) in [5, 5.41) is 4.70. The highest BCUT2D eigenvalue weighted by Gasteiger charge is 2.33. The van der Waals surface area contributed by atoms with E-state index in [1.165, 1.54) is 11.1 Å². The van der Waals surface area contributed by atoms with Gasteiger partial charge in [0, 0.05) is 37.3 Å². The van der Waals surface area contributed by atoms with Crippen molar-refractivity contribution in [3.63, 3.8) is 0 Å². The molecule has 0 unspecified atom stereocenters. The predicted molar refractivity (Wildman–Crippen MR) is 105 cm³/mol. The van der Waals surface area contributed by atoms with Gasteiger partial charge in [-0.1, -0.05) is 48.5 Å². The minimum atomic E-state index is 0.516. The van der Waals surface area contributed by atoms with Crippen LogP contribution in [0.15, 0.2) is 66.9 Å². The largest absolute Gasteiger partial charge is 0.330 e. The van der Waals surface area contributed by atoms with E-state index in [2.05, 4.69) is 60.5 Å². The van der Waals surface area contributed by atoms with Crippen LogP contribution in [0, 0.1) is 12.8 Å². The Labute approximate surface area is 155 Å². The molecule has 0 amide bonds. The molecule has 4 heteroatoms. The van der Waals surface area contributed by atoms with E-state index in [1.54, 1.807) is 0 Å². The van der Waals surface area contributed by atoms with E-state index in [4.69, 9.17) is 10.8 Å². The van der Waals surface area contributed by atoms with Crippen LogP contribution in [0.3, 0.4) is 0 Å². The molecule has 0 bridgehead atoms. The van der Waals surface area contributed by atoms with Crippen LogP contribution in [0.2, 0.25) is 0 Å². The van der Waals surface area contributed by atoms with Crippen molar-refractivity contribution in [3.05, 3.63) is 83.7 Å². The molecule has 4 rings (SSSR count). The molecule has 134 valence electrons. The molecule has 2 aromatic carbocycles. The first-order chi connectivity index (χ1) is 12.7. The number of hydrogen-bond donors (Lipinski definition) is 1. The van der Waals surface area contributed by atoms with E-state index >= 15 is 0 Å². The molecule has 4 nitrogen and oxygen atoms in total. The fraction of sp³-hybridized carbons (Fsp3) is 0.318. The normalized spacial score (nSPS) is 20.5. The van der Waals surface area contributed by atoms with E-state index in [0.717, 1.165) is 37.6 Å². The van der Waals surface area contributed by atoms with Crippen molar-refractivity contribution in [2.45, 2.75) is 19.4 Å². The van der Waals surface area contributed by atoms with Crippen LogP contribution in [-0.2, 0) is 6.54 Å². The van der Waals surface area contributed by atoms with E-state index in [9.17, 15) is 0 Å². The highest BCUT2D eigenvalue weighted by atomic mass is 15.3. The Hall–Kier alpha value is -2.43. The van der Waals surface area contributed by atoms with Gasteiger partial charge >= 0.3 is 0 Å². The van der Waals surface area contributed by atoms with E-state index in [-0.39, 0.29) is 0 Å². The van der Waals surface area contributed by atoms with Gasteiger partial charge in [-0.05, 0) is 37.1 Å². The van der Waals surface area contributed by atoms with Crippen LogP contribution < -0.4 is 5.73 Å². The molecule has 1 aliphatic heterocycles. The van der Waals surface area contributed by atoms with Crippen molar-refractivity contribution in [3.8, 4) is 5.69 Å². The molecule has 0 radical (unpaired) electrons. The van der Waals surface area contributed by atoms with Gasteiger partial charge in [-0.2, -0.15) is 5.10 Å². The van der Waals surface area contributed by atoms with Crippen LogP contribution in [0.25, 0.3) is 5.69 Å². The minimum absolute atomic E-state index is 0.516. The summed E-state index contributed by atoms with van der Waals surface area (Å²) in [4.78, 5) is 2.52. The lowest BCUT2D eigenvalue weighted by molar-refractivity contribution is 0.316. The monoisotopic (exact) mass is 346 g/mol. The number of likely N-dealkylation sites (tertiary alicyclic amines) is 1. The van der Waals surface area contributed by atoms with Crippen LogP contribution >= 0.6 is 0 Å². The summed E-state index contributed by atoms with van der Waals surface area (Å²) in [6, 6.07) is 21.1. The molecule has 0 aliphatic carbocycles. The Balaban J connectivity index is 1.51. The Morgan fingerprint density at radius 3 is 2.38 bits per heavy atom. The number of aryl methyl sites for hydroxylation is 1. The van der Waals surface area contributed by atoms with E-state index in [0.29, 0.717) is 11.8 Å². The maximum absolute atomic E-state index is 6.08. The zero-order valence-corrected chi connectivity index (χ0v) is 15.3. The molecule has 1 saturated heterocycles. The maximum Gasteiger partial charge on any atom is 0.0645 e. The van der Waals surface area contributed by atoms with Gasteiger partial charge in [0.25, 0.3) is 0 Å². The Bertz CT molecular complexity index is 841. The quantitative estimate of drug-likeness (QED) is 0.771. The predicted octanol–water partition coefficient (Wildman–Crippen LogP) is 3.36. The number of rotatable bonds is 5. The summed E-state index contributed by atoms with van der Waals surface area (Å²) < 4.78 is 1.98. The topological polar surface area (TPSA) is 47.1 Å². The Kier molecular flexibility index (Phi) is 4.87. The van der Waals surface area contributed by atoms with Gasteiger partial charge in [-0.25, -0.2) is 4.68 Å². The smallest absolute Gasteiger partial charge is 0.0645 e. The second-order valence-electron chi connectivity index (χ2n) is 7.23. The SMILES string of the molecule is Cc1nn(-c2ccccc2)cc1CN1C[C@@H](CN)[C@H](c2ccccc2)C1. The van der Waals surface area contributed by atoms with Crippen LogP contribution in [0.4, 0.5) is 0 Å². The van der Waals surface area contributed by atoms with Crippen molar-refractivity contribution >= 4 is 0 Å². The fourth-order valence-corrected chi connectivity index (χ4v) is 4.01. The standard InChI is InChI=1S/C22H26N4/c1-17-20(15-26(24-17)21-10-6-3-7-11-21)14-25-13-19(12-23)22(16-25)18-8-4-2-5-9-18/h2-11,15,19,22H,12-14,16,23H2,1H3/t19-,22+/m1/s1. The van der Waals surface area contributed by atoms with Crippen LogP contribution in [0.5, 0.6) is 0 Å². The molecule has 0 spiro atoms. The molecule has 26 heavy (non-hydrogen) atoms. The summed E-state index contributed by atoms with van der Waals surface area (Å²) in [6.07, 6.45) is 2.16. The lowest BCUT2D eigenvalue weighted by atomic mass is 9.89. The summed E-state index contributed by atoms with van der Waals surface area (Å²) in [7, 11) is 0. The van der Waals surface area contributed by atoms with Gasteiger partial charge in [0.1, 0.15) is 0 Å². The average molecular weight is 346 g/mol. The summed E-state index contributed by atoms with van der Waals surface area (Å²) in [5.41, 5.74) is 11.0. The lowest BCUT2D eigenvalue weighted by Crippen LogP contribution is -2.23. The summed E-state index contributed by atoms with van der Waals surface area (Å²) in [5.74, 6) is 1.03. The van der Waals surface area contributed by atoms with E-state index in [1.807, 2.05) is 22.9 Å². The maximum atomic E-state index is 6.08. The molecule has 0 saturated carbocycles. The third-order valence-electron chi connectivity index (χ3n) is 5.46. The van der Waals surface area contributed by atoms with Gasteiger partial charge in [-0.15, -0.1) is 0 Å². The molecule has 3 aromatic rings. The summed E-state index contributed by atoms with van der Waals surface area (Å²) in [6.45, 7) is 5.87. The number of para-hydroxylation sites is 1. The number of nitrogens with two attached hydrogens (primary N) is 1. The van der Waals surface area contributed by atoms with Crippen molar-refractivity contribution in [1.29, 1.82) is 0 Å². The molecule has 2 atom stereocenters. The number of hydrogen-bond acceptors (Lipinski definition) is 3. The van der Waals surface area contributed by atoms with Gasteiger partial charge < -0.3 is 5.73 Å². The number of benzene rings is 2. The zero-order valence-electron chi connectivity index (χ0n) is 15.3. The highest BCUT2D eigenvalue weighted by Crippen LogP contribution is 2.33. The molecular weight excluding hydrogens is 320 g/mol. The number of nitrogens with zero attached hydrogens (tertiary/aromatic N) is 3. The second kappa shape index (κ2) is 7.44. The zero-order chi connectivity index (χ0) is 17.9. The summed E-state index contributed by atoms with van der Waals surface area (Å²) >= 11 is 0. The molecular formula is C22H26N4. The van der Waals surface area contributed by atoms with Crippen LogP contribution in [0.1, 0.15) is 22.7 Å². The lowest BCUT2D eigenvalue weighted by Gasteiger charge is -2.16.